The van der Waals surface area contributed by atoms with E-state index in [9.17, 15) is 9.90 Å². The Morgan fingerprint density at radius 1 is 1.16 bits per heavy atom. The van der Waals surface area contributed by atoms with Gasteiger partial charge in [-0.05, 0) is 37.1 Å². The van der Waals surface area contributed by atoms with Crippen molar-refractivity contribution in [3.05, 3.63) is 72.3 Å². The molecule has 1 amide bonds. The van der Waals surface area contributed by atoms with E-state index in [0.717, 1.165) is 52.3 Å². The minimum absolute atomic E-state index is 0. The average molecular weight is 532 g/mol. The number of fused-ring (bicyclic) bond motifs is 1. The molecule has 198 valence electrons. The fraction of sp³-hybridized carbons (Fsp3) is 0.321. The summed E-state index contributed by atoms with van der Waals surface area (Å²) < 4.78 is 0. The molecule has 10 heteroatoms. The molecule has 1 saturated heterocycles. The lowest BCUT2D eigenvalue weighted by atomic mass is 9.96. The SMILES string of the molecule is CNC(=O)c1ccnc2c([C@H](C)CNc3cc(-c4ccc(N5CCC(C)(O)C5)nc4)ncn3)cccc12.S. The number of β-amino-alcohol motifs (C(OH)–C–C–N with tert-alkyl or cyclic N) is 1. The van der Waals surface area contributed by atoms with Crippen LogP contribution in [0.1, 0.15) is 42.1 Å². The number of hydrogen-bond donors (Lipinski definition) is 3. The maximum Gasteiger partial charge on any atom is 0.251 e. The summed E-state index contributed by atoms with van der Waals surface area (Å²) in [7, 11) is 1.63. The number of anilines is 2. The van der Waals surface area contributed by atoms with Crippen LogP contribution in [0.5, 0.6) is 0 Å². The summed E-state index contributed by atoms with van der Waals surface area (Å²) in [5, 5.41) is 17.2. The highest BCUT2D eigenvalue weighted by Gasteiger charge is 2.31. The molecular weight excluding hydrogens is 498 g/mol. The molecule has 2 atom stereocenters. The van der Waals surface area contributed by atoms with Gasteiger partial charge in [-0.1, -0.05) is 25.1 Å². The number of nitrogens with one attached hydrogen (secondary N) is 2. The van der Waals surface area contributed by atoms with Crippen LogP contribution in [0, 0.1) is 0 Å². The second kappa shape index (κ2) is 11.3. The molecule has 0 bridgehead atoms. The molecule has 5 rings (SSSR count). The zero-order valence-electron chi connectivity index (χ0n) is 21.8. The first kappa shape index (κ1) is 27.3. The zero-order valence-corrected chi connectivity index (χ0v) is 22.8. The second-order valence-corrected chi connectivity index (χ2v) is 9.83. The number of hydrogen-bond acceptors (Lipinski definition) is 8. The number of nitrogens with zero attached hydrogens (tertiary/aromatic N) is 5. The van der Waals surface area contributed by atoms with Gasteiger partial charge in [0.1, 0.15) is 18.0 Å². The highest BCUT2D eigenvalue weighted by atomic mass is 32.1. The first-order valence-electron chi connectivity index (χ1n) is 12.4. The van der Waals surface area contributed by atoms with Crippen molar-refractivity contribution in [3.8, 4) is 11.3 Å². The average Bonchev–Trinajstić information content (AvgIpc) is 3.30. The third-order valence-electron chi connectivity index (χ3n) is 6.88. The summed E-state index contributed by atoms with van der Waals surface area (Å²) in [6.07, 6.45) is 5.77. The number of carbonyl (C=O) groups is 1. The smallest absolute Gasteiger partial charge is 0.251 e. The van der Waals surface area contributed by atoms with Crippen LogP contribution < -0.4 is 15.5 Å². The molecule has 9 nitrogen and oxygen atoms in total. The van der Waals surface area contributed by atoms with Crippen LogP contribution in [-0.2, 0) is 0 Å². The van der Waals surface area contributed by atoms with Crippen LogP contribution >= 0.6 is 13.5 Å². The Balaban J connectivity index is 0.00000336. The number of benzene rings is 1. The molecular formula is C28H33N7O2S. The first-order valence-corrected chi connectivity index (χ1v) is 12.4. The van der Waals surface area contributed by atoms with E-state index >= 15 is 0 Å². The number of amides is 1. The molecule has 4 heterocycles. The summed E-state index contributed by atoms with van der Waals surface area (Å²) >= 11 is 0. The van der Waals surface area contributed by atoms with E-state index < -0.39 is 5.60 Å². The normalized spacial score (nSPS) is 17.6. The minimum atomic E-state index is -0.667. The first-order chi connectivity index (χ1) is 17.8. The van der Waals surface area contributed by atoms with Crippen LogP contribution in [0.4, 0.5) is 11.6 Å². The van der Waals surface area contributed by atoms with Crippen LogP contribution in [0.3, 0.4) is 0 Å². The Morgan fingerprint density at radius 2 is 2.00 bits per heavy atom. The largest absolute Gasteiger partial charge is 0.388 e. The summed E-state index contributed by atoms with van der Waals surface area (Å²) in [5.74, 6) is 1.56. The van der Waals surface area contributed by atoms with Gasteiger partial charge in [-0.2, -0.15) is 13.5 Å². The molecule has 0 spiro atoms. The van der Waals surface area contributed by atoms with E-state index in [1.54, 1.807) is 25.6 Å². The number of rotatable bonds is 7. The lowest BCUT2D eigenvalue weighted by Gasteiger charge is -2.20. The number of aliphatic hydroxyl groups is 1. The van der Waals surface area contributed by atoms with E-state index in [0.29, 0.717) is 18.7 Å². The van der Waals surface area contributed by atoms with Crippen LogP contribution in [0.2, 0.25) is 0 Å². The van der Waals surface area contributed by atoms with Crippen molar-refractivity contribution in [1.29, 1.82) is 0 Å². The van der Waals surface area contributed by atoms with Gasteiger partial charge >= 0.3 is 0 Å². The molecule has 1 aliphatic heterocycles. The number of aromatic nitrogens is 4. The topological polar surface area (TPSA) is 116 Å². The van der Waals surface area contributed by atoms with E-state index in [1.165, 1.54) is 0 Å². The Bertz CT molecular complexity index is 1430. The van der Waals surface area contributed by atoms with Gasteiger partial charge in [0.15, 0.2) is 0 Å². The van der Waals surface area contributed by atoms with Crippen molar-refractivity contribution in [2.45, 2.75) is 31.8 Å². The van der Waals surface area contributed by atoms with Gasteiger partial charge in [0.25, 0.3) is 5.91 Å². The summed E-state index contributed by atoms with van der Waals surface area (Å²) in [6, 6.07) is 13.6. The van der Waals surface area contributed by atoms with Gasteiger partial charge in [0, 0.05) is 62.0 Å². The van der Waals surface area contributed by atoms with E-state index in [2.05, 4.69) is 42.4 Å². The molecule has 4 aromatic rings. The summed E-state index contributed by atoms with van der Waals surface area (Å²) in [4.78, 5) is 32.4. The Labute approximate surface area is 229 Å². The lowest BCUT2D eigenvalue weighted by molar-refractivity contribution is 0.0838. The summed E-state index contributed by atoms with van der Waals surface area (Å²) in [6.45, 7) is 5.98. The third kappa shape index (κ3) is 5.71. The second-order valence-electron chi connectivity index (χ2n) is 9.83. The van der Waals surface area contributed by atoms with Gasteiger partial charge in [-0.3, -0.25) is 9.78 Å². The molecule has 1 unspecified atom stereocenters. The highest BCUT2D eigenvalue weighted by molar-refractivity contribution is 7.59. The molecule has 0 radical (unpaired) electrons. The van der Waals surface area contributed by atoms with Crippen molar-refractivity contribution in [3.63, 3.8) is 0 Å². The molecule has 1 fully saturated rings. The minimum Gasteiger partial charge on any atom is -0.388 e. The standard InChI is InChI=1S/C28H31N7O2.H2S/c1-18(20-5-4-6-21-22(27(36)29-3)9-11-30-26(20)21)14-31-24-13-23(33-17-34-24)19-7-8-25(32-15-19)35-12-10-28(2,37)16-35;/h4-9,11,13,15,17-18,37H,10,12,14,16H2,1-3H3,(H,29,36)(H,31,33,34);1H2/t18-,28?;/m1./s1. The Kier molecular flexibility index (Phi) is 8.13. The van der Waals surface area contributed by atoms with E-state index in [-0.39, 0.29) is 25.3 Å². The van der Waals surface area contributed by atoms with Gasteiger partial charge < -0.3 is 20.6 Å². The Morgan fingerprint density at radius 3 is 2.71 bits per heavy atom. The maximum atomic E-state index is 12.3. The Hall–Kier alpha value is -3.76. The van der Waals surface area contributed by atoms with Crippen molar-refractivity contribution in [2.75, 3.05) is 36.9 Å². The number of pyridine rings is 2. The predicted octanol–water partition coefficient (Wildman–Crippen LogP) is 3.74. The zero-order chi connectivity index (χ0) is 26.0. The molecule has 3 aromatic heterocycles. The predicted molar refractivity (Wildman–Crippen MR) is 155 cm³/mol. The van der Waals surface area contributed by atoms with Crippen molar-refractivity contribution in [2.24, 2.45) is 0 Å². The van der Waals surface area contributed by atoms with Crippen LogP contribution in [-0.4, -0.2) is 63.2 Å². The van der Waals surface area contributed by atoms with Gasteiger partial charge in [-0.15, -0.1) is 0 Å². The van der Waals surface area contributed by atoms with E-state index in [1.807, 2.05) is 49.5 Å². The molecule has 1 aromatic carbocycles. The quantitative estimate of drug-likeness (QED) is 0.330. The maximum absolute atomic E-state index is 12.3. The fourth-order valence-electron chi connectivity index (χ4n) is 4.77. The van der Waals surface area contributed by atoms with Crippen molar-refractivity contribution >= 4 is 41.9 Å². The molecule has 0 saturated carbocycles. The molecule has 1 aliphatic rings. The number of carbonyl (C=O) groups excluding carboxylic acids is 1. The molecule has 3 N–H and O–H groups in total. The van der Waals surface area contributed by atoms with Crippen molar-refractivity contribution in [1.82, 2.24) is 25.3 Å². The lowest BCUT2D eigenvalue weighted by Crippen LogP contribution is -2.29. The molecule has 0 aliphatic carbocycles. The highest BCUT2D eigenvalue weighted by Crippen LogP contribution is 2.28. The van der Waals surface area contributed by atoms with Gasteiger partial charge in [0.2, 0.25) is 0 Å². The summed E-state index contributed by atoms with van der Waals surface area (Å²) in [5.41, 5.74) is 3.51. The monoisotopic (exact) mass is 531 g/mol. The van der Waals surface area contributed by atoms with Gasteiger partial charge in [0.05, 0.1) is 22.4 Å². The van der Waals surface area contributed by atoms with Gasteiger partial charge in [-0.25, -0.2) is 15.0 Å². The molecule has 38 heavy (non-hydrogen) atoms. The van der Waals surface area contributed by atoms with Crippen LogP contribution in [0.15, 0.2) is 61.2 Å². The van der Waals surface area contributed by atoms with Crippen LogP contribution in [0.25, 0.3) is 22.2 Å². The fourth-order valence-corrected chi connectivity index (χ4v) is 4.77. The van der Waals surface area contributed by atoms with Crippen molar-refractivity contribution < 1.29 is 9.90 Å². The van der Waals surface area contributed by atoms with E-state index in [4.69, 9.17) is 0 Å². The third-order valence-corrected chi connectivity index (χ3v) is 6.88. The number of para-hydroxylation sites is 1.